The molecule has 0 unspecified atom stereocenters. The Hall–Kier alpha value is -0.870. The predicted octanol–water partition coefficient (Wildman–Crippen LogP) is 0.509. The van der Waals surface area contributed by atoms with E-state index in [0.29, 0.717) is 0 Å². The largest absolute Gasteiger partial charge is 0.315 e. The van der Waals surface area contributed by atoms with E-state index in [1.165, 1.54) is 12.1 Å². The Labute approximate surface area is 85.7 Å². The molecule has 0 radical (unpaired) electrons. The zero-order valence-electron chi connectivity index (χ0n) is 9.08. The van der Waals surface area contributed by atoms with Gasteiger partial charge in [0.15, 0.2) is 0 Å². The maximum Gasteiger partial charge on any atom is 0.0518 e. The van der Waals surface area contributed by atoms with E-state index in [0.717, 1.165) is 26.2 Å². The Morgan fingerprint density at radius 2 is 2.07 bits per heavy atom. The molecule has 0 aliphatic carbocycles. The molecule has 4 nitrogen and oxygen atoms in total. The van der Waals surface area contributed by atoms with E-state index in [1.807, 2.05) is 24.0 Å². The summed E-state index contributed by atoms with van der Waals surface area (Å²) in [7, 11) is 1.96. The van der Waals surface area contributed by atoms with Crippen LogP contribution in [0, 0.1) is 0 Å². The molecule has 1 heterocycles. The number of aromatic nitrogens is 2. The van der Waals surface area contributed by atoms with E-state index in [2.05, 4.69) is 22.7 Å². The Bertz CT molecular complexity index is 244. The molecule has 1 aromatic heterocycles. The smallest absolute Gasteiger partial charge is 0.0518 e. The van der Waals surface area contributed by atoms with Crippen molar-refractivity contribution in [2.75, 3.05) is 19.6 Å². The summed E-state index contributed by atoms with van der Waals surface area (Å²) in [6.07, 6.45) is 3.02. The van der Waals surface area contributed by atoms with Crippen LogP contribution in [0.4, 0.5) is 0 Å². The van der Waals surface area contributed by atoms with Crippen molar-refractivity contribution in [2.45, 2.75) is 19.9 Å². The quantitative estimate of drug-likeness (QED) is 0.624. The zero-order chi connectivity index (χ0) is 10.2. The molecule has 1 rings (SSSR count). The lowest BCUT2D eigenvalue weighted by Gasteiger charge is -2.05. The number of nitrogens with zero attached hydrogens (tertiary/aromatic N) is 2. The van der Waals surface area contributed by atoms with Gasteiger partial charge in [0.1, 0.15) is 0 Å². The fourth-order valence-electron chi connectivity index (χ4n) is 1.27. The van der Waals surface area contributed by atoms with Crippen molar-refractivity contribution >= 4 is 0 Å². The highest BCUT2D eigenvalue weighted by atomic mass is 15.3. The minimum Gasteiger partial charge on any atom is -0.315 e. The Kier molecular flexibility index (Phi) is 5.25. The van der Waals surface area contributed by atoms with Crippen molar-refractivity contribution in [1.82, 2.24) is 20.4 Å². The number of hydrogen-bond acceptors (Lipinski definition) is 3. The Balaban J connectivity index is 2.02. The van der Waals surface area contributed by atoms with E-state index in [9.17, 15) is 0 Å². The molecule has 0 saturated heterocycles. The van der Waals surface area contributed by atoms with Crippen LogP contribution in [-0.2, 0) is 13.6 Å². The molecular formula is C10H20N4. The van der Waals surface area contributed by atoms with Gasteiger partial charge in [0, 0.05) is 32.9 Å². The van der Waals surface area contributed by atoms with Crippen LogP contribution in [-0.4, -0.2) is 29.4 Å². The van der Waals surface area contributed by atoms with Crippen molar-refractivity contribution in [3.05, 3.63) is 18.0 Å². The first-order chi connectivity index (χ1) is 6.84. The molecule has 0 bridgehead atoms. The average Bonchev–Trinajstić information content (AvgIpc) is 2.58. The monoisotopic (exact) mass is 196 g/mol. The third-order valence-corrected chi connectivity index (χ3v) is 2.13. The summed E-state index contributed by atoms with van der Waals surface area (Å²) in [4.78, 5) is 0. The molecule has 0 spiro atoms. The van der Waals surface area contributed by atoms with E-state index in [1.54, 1.807) is 0 Å². The number of hydrogen-bond donors (Lipinski definition) is 2. The molecule has 0 amide bonds. The van der Waals surface area contributed by atoms with Crippen molar-refractivity contribution < 1.29 is 0 Å². The van der Waals surface area contributed by atoms with Gasteiger partial charge in [-0.2, -0.15) is 5.10 Å². The van der Waals surface area contributed by atoms with E-state index in [-0.39, 0.29) is 0 Å². The summed E-state index contributed by atoms with van der Waals surface area (Å²) in [5, 5.41) is 10.8. The van der Waals surface area contributed by atoms with Crippen LogP contribution in [0.2, 0.25) is 0 Å². The van der Waals surface area contributed by atoms with Gasteiger partial charge in [-0.1, -0.05) is 6.92 Å². The molecule has 0 aliphatic rings. The highest BCUT2D eigenvalue weighted by molar-refractivity contribution is 4.98. The topological polar surface area (TPSA) is 41.9 Å². The third-order valence-electron chi connectivity index (χ3n) is 2.13. The maximum atomic E-state index is 4.11. The summed E-state index contributed by atoms with van der Waals surface area (Å²) in [6, 6.07) is 2.03. The summed E-state index contributed by atoms with van der Waals surface area (Å²) in [5.74, 6) is 0. The maximum absolute atomic E-state index is 4.11. The number of aryl methyl sites for hydroxylation is 1. The standard InChI is InChI=1S/C10H20N4/c1-3-5-11-7-8-12-9-10-4-6-13-14(10)2/h4,6,11-12H,3,5,7-9H2,1-2H3. The Morgan fingerprint density at radius 3 is 2.71 bits per heavy atom. The van der Waals surface area contributed by atoms with Crippen LogP contribution < -0.4 is 10.6 Å². The van der Waals surface area contributed by atoms with Crippen LogP contribution in [0.25, 0.3) is 0 Å². The molecule has 0 aromatic carbocycles. The van der Waals surface area contributed by atoms with Crippen molar-refractivity contribution in [3.63, 3.8) is 0 Å². The van der Waals surface area contributed by atoms with Gasteiger partial charge < -0.3 is 10.6 Å². The summed E-state index contributed by atoms with van der Waals surface area (Å²) in [5.41, 5.74) is 1.22. The fourth-order valence-corrected chi connectivity index (χ4v) is 1.27. The van der Waals surface area contributed by atoms with Gasteiger partial charge in [-0.3, -0.25) is 4.68 Å². The molecule has 0 saturated carbocycles. The summed E-state index contributed by atoms with van der Waals surface area (Å²) < 4.78 is 1.90. The molecule has 2 N–H and O–H groups in total. The minimum atomic E-state index is 0.893. The van der Waals surface area contributed by atoms with Crippen LogP contribution in [0.5, 0.6) is 0 Å². The molecule has 14 heavy (non-hydrogen) atoms. The fraction of sp³-hybridized carbons (Fsp3) is 0.700. The van der Waals surface area contributed by atoms with Gasteiger partial charge in [0.05, 0.1) is 5.69 Å². The molecular weight excluding hydrogens is 176 g/mol. The lowest BCUT2D eigenvalue weighted by atomic mass is 10.4. The van der Waals surface area contributed by atoms with E-state index in [4.69, 9.17) is 0 Å². The number of nitrogens with one attached hydrogen (secondary N) is 2. The second-order valence-electron chi connectivity index (χ2n) is 3.37. The van der Waals surface area contributed by atoms with Crippen LogP contribution in [0.15, 0.2) is 12.3 Å². The highest BCUT2D eigenvalue weighted by Gasteiger charge is 1.96. The molecule has 80 valence electrons. The van der Waals surface area contributed by atoms with Crippen molar-refractivity contribution in [1.29, 1.82) is 0 Å². The van der Waals surface area contributed by atoms with Gasteiger partial charge in [0.2, 0.25) is 0 Å². The molecule has 0 aliphatic heterocycles. The second kappa shape index (κ2) is 6.56. The molecule has 4 heteroatoms. The average molecular weight is 196 g/mol. The lowest BCUT2D eigenvalue weighted by molar-refractivity contribution is 0.585. The SMILES string of the molecule is CCCNCCNCc1ccnn1C. The lowest BCUT2D eigenvalue weighted by Crippen LogP contribution is -2.28. The third kappa shape index (κ3) is 3.89. The highest BCUT2D eigenvalue weighted by Crippen LogP contribution is 1.93. The minimum absolute atomic E-state index is 0.893. The van der Waals surface area contributed by atoms with Crippen LogP contribution in [0.3, 0.4) is 0 Å². The number of rotatable bonds is 7. The van der Waals surface area contributed by atoms with Crippen molar-refractivity contribution in [2.24, 2.45) is 7.05 Å². The molecule has 0 atom stereocenters. The molecule has 1 aromatic rings. The van der Waals surface area contributed by atoms with Crippen molar-refractivity contribution in [3.8, 4) is 0 Å². The van der Waals surface area contributed by atoms with Gasteiger partial charge in [-0.05, 0) is 19.0 Å². The first kappa shape index (κ1) is 11.2. The van der Waals surface area contributed by atoms with Crippen LogP contribution >= 0.6 is 0 Å². The van der Waals surface area contributed by atoms with Gasteiger partial charge >= 0.3 is 0 Å². The second-order valence-corrected chi connectivity index (χ2v) is 3.37. The van der Waals surface area contributed by atoms with Gasteiger partial charge in [0.25, 0.3) is 0 Å². The Morgan fingerprint density at radius 1 is 1.29 bits per heavy atom. The predicted molar refractivity (Wildman–Crippen MR) is 58.1 cm³/mol. The summed E-state index contributed by atoms with van der Waals surface area (Å²) >= 11 is 0. The zero-order valence-corrected chi connectivity index (χ0v) is 9.08. The first-order valence-electron chi connectivity index (χ1n) is 5.23. The van der Waals surface area contributed by atoms with E-state index < -0.39 is 0 Å². The van der Waals surface area contributed by atoms with E-state index >= 15 is 0 Å². The van der Waals surface area contributed by atoms with Crippen LogP contribution in [0.1, 0.15) is 19.0 Å². The van der Waals surface area contributed by atoms with Gasteiger partial charge in [-0.15, -0.1) is 0 Å². The normalized spacial score (nSPS) is 10.7. The molecule has 0 fully saturated rings. The summed E-state index contributed by atoms with van der Waals surface area (Å²) in [6.45, 7) is 6.21. The van der Waals surface area contributed by atoms with Gasteiger partial charge in [-0.25, -0.2) is 0 Å². The first-order valence-corrected chi connectivity index (χ1v) is 5.23.